The van der Waals surface area contributed by atoms with Crippen LogP contribution in [0, 0.1) is 18.6 Å². The van der Waals surface area contributed by atoms with Gasteiger partial charge >= 0.3 is 0 Å². The van der Waals surface area contributed by atoms with Crippen molar-refractivity contribution >= 4 is 11.0 Å². The lowest BCUT2D eigenvalue weighted by Crippen LogP contribution is -2.04. The van der Waals surface area contributed by atoms with Crippen molar-refractivity contribution in [2.75, 3.05) is 0 Å². The molecule has 4 heteroatoms. The van der Waals surface area contributed by atoms with Crippen molar-refractivity contribution in [3.63, 3.8) is 0 Å². The Kier molecular flexibility index (Phi) is 3.03. The minimum atomic E-state index is -1.34. The molecule has 1 aromatic heterocycles. The predicted molar refractivity (Wildman–Crippen MR) is 71.4 cm³/mol. The minimum absolute atomic E-state index is 0.132. The van der Waals surface area contributed by atoms with Crippen LogP contribution in [0.3, 0.4) is 0 Å². The number of fused-ring (bicyclic) bond motifs is 1. The Bertz CT molecular complexity index is 744. The summed E-state index contributed by atoms with van der Waals surface area (Å²) >= 11 is 0. The number of aliphatic hydroxyl groups is 1. The van der Waals surface area contributed by atoms with E-state index in [1.807, 2.05) is 12.1 Å². The van der Waals surface area contributed by atoms with E-state index in [-0.39, 0.29) is 16.9 Å². The molecule has 3 aromatic rings. The summed E-state index contributed by atoms with van der Waals surface area (Å²) in [6.07, 6.45) is -1.34. The van der Waals surface area contributed by atoms with Crippen LogP contribution in [0.2, 0.25) is 0 Å². The molecular weight excluding hydrogens is 262 g/mol. The average molecular weight is 274 g/mol. The molecule has 102 valence electrons. The van der Waals surface area contributed by atoms with Gasteiger partial charge in [0.05, 0.1) is 0 Å². The molecule has 2 nitrogen and oxygen atoms in total. The number of aryl methyl sites for hydroxylation is 1. The van der Waals surface area contributed by atoms with Crippen molar-refractivity contribution in [3.05, 3.63) is 71.0 Å². The molecule has 1 N–H and O–H groups in total. The predicted octanol–water partition coefficient (Wildman–Crippen LogP) is 4.10. The first-order chi connectivity index (χ1) is 9.58. The first-order valence-electron chi connectivity index (χ1n) is 6.19. The average Bonchev–Trinajstić information content (AvgIpc) is 2.88. The molecule has 1 unspecified atom stereocenters. The lowest BCUT2D eigenvalue weighted by atomic mass is 10.0. The van der Waals surface area contributed by atoms with Gasteiger partial charge in [-0.05, 0) is 24.6 Å². The van der Waals surface area contributed by atoms with Crippen LogP contribution in [0.1, 0.15) is 23.0 Å². The molecule has 1 atom stereocenters. The van der Waals surface area contributed by atoms with Crippen LogP contribution in [0.25, 0.3) is 11.0 Å². The van der Waals surface area contributed by atoms with Crippen LogP contribution in [0.4, 0.5) is 8.78 Å². The zero-order valence-electron chi connectivity index (χ0n) is 10.7. The molecule has 2 aromatic carbocycles. The second kappa shape index (κ2) is 4.72. The highest BCUT2D eigenvalue weighted by atomic mass is 19.2. The number of hydrogen-bond acceptors (Lipinski definition) is 2. The highest BCUT2D eigenvalue weighted by Crippen LogP contribution is 2.30. The Morgan fingerprint density at radius 3 is 2.55 bits per heavy atom. The van der Waals surface area contributed by atoms with Crippen molar-refractivity contribution < 1.29 is 18.3 Å². The first-order valence-corrected chi connectivity index (χ1v) is 6.19. The van der Waals surface area contributed by atoms with Gasteiger partial charge in [0, 0.05) is 10.9 Å². The molecule has 0 bridgehead atoms. The van der Waals surface area contributed by atoms with Crippen LogP contribution in [-0.2, 0) is 0 Å². The normalized spacial score (nSPS) is 12.8. The molecule has 3 rings (SSSR count). The summed E-state index contributed by atoms with van der Waals surface area (Å²) in [4.78, 5) is 0. The smallest absolute Gasteiger partial charge is 0.165 e. The molecule has 0 radical (unpaired) electrons. The van der Waals surface area contributed by atoms with Gasteiger partial charge in [0.15, 0.2) is 11.6 Å². The van der Waals surface area contributed by atoms with Gasteiger partial charge in [-0.1, -0.05) is 30.3 Å². The summed E-state index contributed by atoms with van der Waals surface area (Å²) < 4.78 is 32.9. The van der Waals surface area contributed by atoms with Gasteiger partial charge in [0.1, 0.15) is 17.4 Å². The Hall–Kier alpha value is -2.20. The third kappa shape index (κ3) is 1.98. The summed E-state index contributed by atoms with van der Waals surface area (Å²) in [5.41, 5.74) is 0.657. The van der Waals surface area contributed by atoms with E-state index in [1.165, 1.54) is 19.1 Å². The van der Waals surface area contributed by atoms with Crippen LogP contribution in [0.15, 0.2) is 46.9 Å². The number of furan rings is 1. The zero-order valence-corrected chi connectivity index (χ0v) is 10.7. The van der Waals surface area contributed by atoms with Crippen LogP contribution in [-0.4, -0.2) is 5.11 Å². The highest BCUT2D eigenvalue weighted by molar-refractivity contribution is 5.77. The fourth-order valence-electron chi connectivity index (χ4n) is 2.16. The van der Waals surface area contributed by atoms with Crippen LogP contribution < -0.4 is 0 Å². The Morgan fingerprint density at radius 2 is 1.80 bits per heavy atom. The van der Waals surface area contributed by atoms with E-state index >= 15 is 0 Å². The third-order valence-corrected chi connectivity index (χ3v) is 3.31. The Morgan fingerprint density at radius 1 is 1.05 bits per heavy atom. The molecular formula is C16H12F2O2. The summed E-state index contributed by atoms with van der Waals surface area (Å²) in [7, 11) is 0. The number of aliphatic hydroxyl groups excluding tert-OH is 1. The third-order valence-electron chi connectivity index (χ3n) is 3.31. The van der Waals surface area contributed by atoms with Crippen molar-refractivity contribution in [1.29, 1.82) is 0 Å². The van der Waals surface area contributed by atoms with Crippen molar-refractivity contribution in [1.82, 2.24) is 0 Å². The molecule has 20 heavy (non-hydrogen) atoms. The van der Waals surface area contributed by atoms with Gasteiger partial charge in [-0.15, -0.1) is 0 Å². The van der Waals surface area contributed by atoms with Gasteiger partial charge in [-0.2, -0.15) is 0 Å². The molecule has 1 heterocycles. The monoisotopic (exact) mass is 274 g/mol. The van der Waals surface area contributed by atoms with Crippen LogP contribution in [0.5, 0.6) is 0 Å². The number of para-hydroxylation sites is 1. The fourth-order valence-corrected chi connectivity index (χ4v) is 2.16. The van der Waals surface area contributed by atoms with E-state index in [4.69, 9.17) is 4.42 Å². The van der Waals surface area contributed by atoms with Crippen molar-refractivity contribution in [2.45, 2.75) is 13.0 Å². The van der Waals surface area contributed by atoms with Crippen LogP contribution >= 0.6 is 0 Å². The van der Waals surface area contributed by atoms with Gasteiger partial charge in [0.25, 0.3) is 0 Å². The number of benzene rings is 2. The lowest BCUT2D eigenvalue weighted by Gasteiger charge is -2.10. The number of halogens is 2. The summed E-state index contributed by atoms with van der Waals surface area (Å²) in [5.74, 6) is -1.80. The summed E-state index contributed by atoms with van der Waals surface area (Å²) in [6.45, 7) is 1.47. The standard InChI is InChI=1S/C16H12F2O2/c1-9-6-7-11(15(18)14(9)17)16(19)13-8-10-4-2-3-5-12(10)20-13/h2-8,16,19H,1H3. The topological polar surface area (TPSA) is 33.4 Å². The summed E-state index contributed by atoms with van der Waals surface area (Å²) in [5, 5.41) is 11.0. The highest BCUT2D eigenvalue weighted by Gasteiger charge is 2.22. The molecule has 0 saturated heterocycles. The van der Waals surface area contributed by atoms with E-state index in [1.54, 1.807) is 18.2 Å². The molecule has 0 aliphatic rings. The largest absolute Gasteiger partial charge is 0.458 e. The van der Waals surface area contributed by atoms with E-state index in [2.05, 4.69) is 0 Å². The molecule has 0 aliphatic heterocycles. The molecule has 0 spiro atoms. The summed E-state index contributed by atoms with van der Waals surface area (Å²) in [6, 6.07) is 11.6. The maximum Gasteiger partial charge on any atom is 0.165 e. The van der Waals surface area contributed by atoms with Crippen molar-refractivity contribution in [3.8, 4) is 0 Å². The first kappa shape index (κ1) is 12.8. The minimum Gasteiger partial charge on any atom is -0.458 e. The van der Waals surface area contributed by atoms with Gasteiger partial charge in [0.2, 0.25) is 0 Å². The quantitative estimate of drug-likeness (QED) is 0.763. The van der Waals surface area contributed by atoms with Gasteiger partial charge in [-0.25, -0.2) is 8.78 Å². The molecule has 0 fully saturated rings. The van der Waals surface area contributed by atoms with E-state index in [0.717, 1.165) is 5.39 Å². The lowest BCUT2D eigenvalue weighted by molar-refractivity contribution is 0.186. The Labute approximate surface area is 114 Å². The zero-order chi connectivity index (χ0) is 14.3. The second-order valence-corrected chi connectivity index (χ2v) is 4.69. The van der Waals surface area contributed by atoms with Gasteiger partial charge < -0.3 is 9.52 Å². The molecule has 0 saturated carbocycles. The maximum absolute atomic E-state index is 13.9. The molecule has 0 aliphatic carbocycles. The number of rotatable bonds is 2. The van der Waals surface area contributed by atoms with Gasteiger partial charge in [-0.3, -0.25) is 0 Å². The Balaban J connectivity index is 2.08. The fraction of sp³-hybridized carbons (Fsp3) is 0.125. The maximum atomic E-state index is 13.9. The number of hydrogen-bond donors (Lipinski definition) is 1. The van der Waals surface area contributed by atoms with E-state index in [0.29, 0.717) is 5.58 Å². The van der Waals surface area contributed by atoms with E-state index < -0.39 is 17.7 Å². The van der Waals surface area contributed by atoms with E-state index in [9.17, 15) is 13.9 Å². The SMILES string of the molecule is Cc1ccc(C(O)c2cc3ccccc3o2)c(F)c1F. The second-order valence-electron chi connectivity index (χ2n) is 4.69. The van der Waals surface area contributed by atoms with Crippen molar-refractivity contribution in [2.24, 2.45) is 0 Å². The molecule has 0 amide bonds.